The zero-order valence-corrected chi connectivity index (χ0v) is 12.8. The van der Waals surface area contributed by atoms with Gasteiger partial charge in [0.05, 0.1) is 6.10 Å². The van der Waals surface area contributed by atoms with Gasteiger partial charge in [-0.05, 0) is 42.2 Å². The summed E-state index contributed by atoms with van der Waals surface area (Å²) in [6.45, 7) is 7.87. The molecule has 2 unspecified atom stereocenters. The van der Waals surface area contributed by atoms with E-state index in [4.69, 9.17) is 0 Å². The van der Waals surface area contributed by atoms with Crippen LogP contribution in [0.4, 0.5) is 0 Å². The predicted octanol–water partition coefficient (Wildman–Crippen LogP) is 3.49. The number of aliphatic hydroxyl groups excluding tert-OH is 1. The molecule has 2 nitrogen and oxygen atoms in total. The third kappa shape index (κ3) is 2.94. The van der Waals surface area contributed by atoms with Crippen LogP contribution in [0, 0.1) is 11.3 Å². The second kappa shape index (κ2) is 5.30. The van der Waals surface area contributed by atoms with Gasteiger partial charge in [0.1, 0.15) is 0 Å². The molecule has 2 atom stereocenters. The van der Waals surface area contributed by atoms with Crippen molar-refractivity contribution < 1.29 is 5.11 Å². The van der Waals surface area contributed by atoms with Gasteiger partial charge in [-0.15, -0.1) is 0 Å². The van der Waals surface area contributed by atoms with Crippen LogP contribution in [0.2, 0.25) is 0 Å². The van der Waals surface area contributed by atoms with Crippen LogP contribution in [-0.4, -0.2) is 21.7 Å². The van der Waals surface area contributed by atoms with Gasteiger partial charge in [-0.25, -0.2) is 0 Å². The quantitative estimate of drug-likeness (QED) is 0.903. The average Bonchev–Trinajstić information content (AvgIpc) is 2.60. The number of nitrogens with zero attached hydrogens (tertiary/aromatic N) is 1. The van der Waals surface area contributed by atoms with E-state index in [1.54, 1.807) is 0 Å². The van der Waals surface area contributed by atoms with E-state index >= 15 is 0 Å². The summed E-state index contributed by atoms with van der Waals surface area (Å²) in [5.74, 6) is 1.87. The molecule has 1 N–H and O–H groups in total. The summed E-state index contributed by atoms with van der Waals surface area (Å²) in [7, 11) is 0. The van der Waals surface area contributed by atoms with E-state index in [1.165, 1.54) is 11.4 Å². The smallest absolute Gasteiger partial charge is 0.0812 e. The maximum atomic E-state index is 10.2. The standard InChI is InChI=1S/C15H25NOS/c1-11(10-18-4)9-16-6-5-12-13(16)7-15(2,3)8-14(12)17/h5-6,11,14,17H,7-10H2,1-4H3. The number of rotatable bonds is 4. The van der Waals surface area contributed by atoms with Crippen molar-refractivity contribution in [2.24, 2.45) is 11.3 Å². The van der Waals surface area contributed by atoms with Crippen molar-refractivity contribution in [3.05, 3.63) is 23.5 Å². The Morgan fingerprint density at radius 1 is 1.56 bits per heavy atom. The molecule has 1 aromatic heterocycles. The third-order valence-electron chi connectivity index (χ3n) is 3.82. The first kappa shape index (κ1) is 14.0. The van der Waals surface area contributed by atoms with Crippen LogP contribution in [0.5, 0.6) is 0 Å². The van der Waals surface area contributed by atoms with Crippen LogP contribution < -0.4 is 0 Å². The number of hydrogen-bond donors (Lipinski definition) is 1. The molecule has 18 heavy (non-hydrogen) atoms. The zero-order chi connectivity index (χ0) is 13.3. The van der Waals surface area contributed by atoms with Crippen LogP contribution in [0.25, 0.3) is 0 Å². The van der Waals surface area contributed by atoms with Crippen molar-refractivity contribution in [1.29, 1.82) is 0 Å². The van der Waals surface area contributed by atoms with Crippen molar-refractivity contribution in [3.63, 3.8) is 0 Å². The predicted molar refractivity (Wildman–Crippen MR) is 79.0 cm³/mol. The largest absolute Gasteiger partial charge is 0.388 e. The number of hydrogen-bond acceptors (Lipinski definition) is 2. The van der Waals surface area contributed by atoms with Gasteiger partial charge in [0.25, 0.3) is 0 Å². The molecule has 0 aliphatic heterocycles. The van der Waals surface area contributed by atoms with E-state index in [-0.39, 0.29) is 11.5 Å². The van der Waals surface area contributed by atoms with E-state index < -0.39 is 0 Å². The molecule has 1 aromatic rings. The topological polar surface area (TPSA) is 25.2 Å². The van der Waals surface area contributed by atoms with Crippen LogP contribution in [-0.2, 0) is 13.0 Å². The monoisotopic (exact) mass is 267 g/mol. The van der Waals surface area contributed by atoms with Gasteiger partial charge < -0.3 is 9.67 Å². The molecule has 0 bridgehead atoms. The molecule has 2 rings (SSSR count). The van der Waals surface area contributed by atoms with Crippen LogP contribution in [0.15, 0.2) is 12.3 Å². The molecule has 1 aliphatic carbocycles. The molecule has 0 fully saturated rings. The molecule has 0 amide bonds. The van der Waals surface area contributed by atoms with Crippen molar-refractivity contribution in [1.82, 2.24) is 4.57 Å². The molecule has 0 spiro atoms. The fourth-order valence-electron chi connectivity index (χ4n) is 3.03. The molecule has 1 heterocycles. The minimum atomic E-state index is -0.277. The van der Waals surface area contributed by atoms with E-state index in [0.29, 0.717) is 5.92 Å². The maximum absolute atomic E-state index is 10.2. The summed E-state index contributed by atoms with van der Waals surface area (Å²) in [5.41, 5.74) is 2.73. The minimum Gasteiger partial charge on any atom is -0.388 e. The normalized spacial score (nSPS) is 23.7. The Bertz CT molecular complexity index is 411. The molecular formula is C15H25NOS. The Hall–Kier alpha value is -0.410. The lowest BCUT2D eigenvalue weighted by Gasteiger charge is -2.34. The van der Waals surface area contributed by atoms with Gasteiger partial charge in [0.15, 0.2) is 0 Å². The van der Waals surface area contributed by atoms with E-state index in [1.807, 2.05) is 11.8 Å². The van der Waals surface area contributed by atoms with E-state index in [0.717, 1.165) is 24.9 Å². The van der Waals surface area contributed by atoms with E-state index in [9.17, 15) is 5.11 Å². The van der Waals surface area contributed by atoms with Gasteiger partial charge in [0.2, 0.25) is 0 Å². The first-order valence-electron chi connectivity index (χ1n) is 6.78. The fraction of sp³-hybridized carbons (Fsp3) is 0.733. The second-order valence-electron chi connectivity index (χ2n) is 6.49. The first-order valence-corrected chi connectivity index (χ1v) is 8.17. The van der Waals surface area contributed by atoms with Crippen molar-refractivity contribution in [2.45, 2.75) is 46.3 Å². The lowest BCUT2D eigenvalue weighted by molar-refractivity contribution is 0.0977. The highest BCUT2D eigenvalue weighted by Crippen LogP contribution is 2.41. The molecule has 0 radical (unpaired) electrons. The summed E-state index contributed by atoms with van der Waals surface area (Å²) in [5, 5.41) is 10.2. The van der Waals surface area contributed by atoms with Crippen LogP contribution in [0.3, 0.4) is 0 Å². The summed E-state index contributed by atoms with van der Waals surface area (Å²) in [6, 6.07) is 2.11. The Morgan fingerprint density at radius 2 is 2.28 bits per heavy atom. The number of fused-ring (bicyclic) bond motifs is 1. The van der Waals surface area contributed by atoms with Crippen molar-refractivity contribution in [3.8, 4) is 0 Å². The van der Waals surface area contributed by atoms with Gasteiger partial charge in [0, 0.05) is 24.0 Å². The number of thioether (sulfide) groups is 1. The van der Waals surface area contributed by atoms with Gasteiger partial charge >= 0.3 is 0 Å². The average molecular weight is 267 g/mol. The number of aliphatic hydroxyl groups is 1. The highest BCUT2D eigenvalue weighted by molar-refractivity contribution is 7.98. The van der Waals surface area contributed by atoms with Gasteiger partial charge in [-0.1, -0.05) is 20.8 Å². The molecule has 0 saturated heterocycles. The highest BCUT2D eigenvalue weighted by Gasteiger charge is 2.33. The Kier molecular flexibility index (Phi) is 4.12. The minimum absolute atomic E-state index is 0.214. The summed E-state index contributed by atoms with van der Waals surface area (Å²) < 4.78 is 2.36. The third-order valence-corrected chi connectivity index (χ3v) is 4.73. The Morgan fingerprint density at radius 3 is 2.94 bits per heavy atom. The first-order chi connectivity index (χ1) is 8.43. The Balaban J connectivity index is 2.20. The lowest BCUT2D eigenvalue weighted by Crippen LogP contribution is -2.27. The SMILES string of the molecule is CSCC(C)Cn1ccc2c1CC(C)(C)CC2O. The number of aromatic nitrogens is 1. The summed E-state index contributed by atoms with van der Waals surface area (Å²) >= 11 is 1.91. The zero-order valence-electron chi connectivity index (χ0n) is 11.9. The Labute approximate surface area is 115 Å². The molecule has 3 heteroatoms. The van der Waals surface area contributed by atoms with Crippen LogP contribution >= 0.6 is 11.8 Å². The van der Waals surface area contributed by atoms with Crippen molar-refractivity contribution in [2.75, 3.05) is 12.0 Å². The molecular weight excluding hydrogens is 242 g/mol. The summed E-state index contributed by atoms with van der Waals surface area (Å²) in [6.07, 6.45) is 6.00. The molecule has 0 saturated carbocycles. The highest BCUT2D eigenvalue weighted by atomic mass is 32.2. The van der Waals surface area contributed by atoms with E-state index in [2.05, 4.69) is 43.9 Å². The van der Waals surface area contributed by atoms with Crippen LogP contribution in [0.1, 0.15) is 44.6 Å². The molecule has 102 valence electrons. The van der Waals surface area contributed by atoms with Gasteiger partial charge in [-0.2, -0.15) is 11.8 Å². The fourth-order valence-corrected chi connectivity index (χ4v) is 3.71. The van der Waals surface area contributed by atoms with Crippen molar-refractivity contribution >= 4 is 11.8 Å². The maximum Gasteiger partial charge on any atom is 0.0812 e. The molecule has 0 aromatic carbocycles. The molecule has 1 aliphatic rings. The second-order valence-corrected chi connectivity index (χ2v) is 7.40. The van der Waals surface area contributed by atoms with Gasteiger partial charge in [-0.3, -0.25) is 0 Å². The lowest BCUT2D eigenvalue weighted by atomic mass is 9.75. The summed E-state index contributed by atoms with van der Waals surface area (Å²) in [4.78, 5) is 0.